The number of aryl methyl sites for hydroxylation is 1. The molecule has 3 heteroatoms. The van der Waals surface area contributed by atoms with Crippen molar-refractivity contribution in [2.24, 2.45) is 0 Å². The number of rotatable bonds is 4. The van der Waals surface area contributed by atoms with Gasteiger partial charge in [-0.3, -0.25) is 0 Å². The normalized spacial score (nSPS) is 12.1. The van der Waals surface area contributed by atoms with Crippen molar-refractivity contribution < 1.29 is 0 Å². The van der Waals surface area contributed by atoms with Crippen LogP contribution in [-0.2, 0) is 6.42 Å². The molecule has 0 atom stereocenters. The van der Waals surface area contributed by atoms with Crippen LogP contribution in [0.15, 0.2) is 48.5 Å². The molecule has 0 spiro atoms. The fourth-order valence-corrected chi connectivity index (χ4v) is 6.82. The molecule has 0 N–H and O–H groups in total. The first kappa shape index (κ1) is 17.0. The van der Waals surface area contributed by atoms with E-state index < -0.39 is 0 Å². The van der Waals surface area contributed by atoms with Crippen molar-refractivity contribution >= 4 is 87.0 Å². The lowest BCUT2D eigenvalue weighted by molar-refractivity contribution is 0.723. The van der Waals surface area contributed by atoms with E-state index in [1.165, 1.54) is 75.2 Å². The molecule has 0 bridgehead atoms. The Hall–Kier alpha value is -1.17. The van der Waals surface area contributed by atoms with Gasteiger partial charge in [0.25, 0.3) is 0 Å². The highest BCUT2D eigenvalue weighted by atomic mass is 127. The van der Waals surface area contributed by atoms with Crippen LogP contribution in [0.25, 0.3) is 41.7 Å². The molecule has 3 aromatic carbocycles. The van der Waals surface area contributed by atoms with Gasteiger partial charge in [-0.15, -0.1) is 22.7 Å². The third-order valence-electron chi connectivity index (χ3n) is 5.20. The molecule has 26 heavy (non-hydrogen) atoms. The van der Waals surface area contributed by atoms with E-state index in [0.717, 1.165) is 0 Å². The molecular weight excluding hydrogens is 467 g/mol. The Labute approximate surface area is 175 Å². The lowest BCUT2D eigenvalue weighted by Crippen LogP contribution is -1.79. The Morgan fingerprint density at radius 2 is 1.38 bits per heavy atom. The molecule has 0 amide bonds. The van der Waals surface area contributed by atoms with Gasteiger partial charge in [0.15, 0.2) is 0 Å². The van der Waals surface area contributed by atoms with E-state index in [1.54, 1.807) is 0 Å². The standard InChI is InChI=1S/C23H19IS2/c1-2-3-4-5-16-12-19-17-10-15-7-9-22-20(13-23(24)26-22)18(15)11-14(17)6-8-21(19)25-16/h6-13H,2-5H2,1H3. The molecule has 0 unspecified atom stereocenters. The van der Waals surface area contributed by atoms with Crippen LogP contribution in [0.1, 0.15) is 31.1 Å². The number of hydrogen-bond acceptors (Lipinski definition) is 2. The third-order valence-corrected chi connectivity index (χ3v) is 8.22. The molecule has 2 aromatic heterocycles. The van der Waals surface area contributed by atoms with Crippen molar-refractivity contribution in [3.8, 4) is 0 Å². The Kier molecular flexibility index (Phi) is 4.42. The quantitative estimate of drug-likeness (QED) is 0.135. The lowest BCUT2D eigenvalue weighted by Gasteiger charge is -2.05. The van der Waals surface area contributed by atoms with Gasteiger partial charge in [-0.2, -0.15) is 0 Å². The van der Waals surface area contributed by atoms with Gasteiger partial charge in [0.2, 0.25) is 0 Å². The Bertz CT molecular complexity index is 1260. The summed E-state index contributed by atoms with van der Waals surface area (Å²) in [6, 6.07) is 18.7. The van der Waals surface area contributed by atoms with Crippen molar-refractivity contribution in [1.29, 1.82) is 0 Å². The highest BCUT2D eigenvalue weighted by Crippen LogP contribution is 2.38. The molecule has 0 fully saturated rings. The van der Waals surface area contributed by atoms with E-state index in [2.05, 4.69) is 78.0 Å². The maximum atomic E-state index is 2.44. The van der Waals surface area contributed by atoms with Gasteiger partial charge in [-0.1, -0.05) is 31.9 Å². The van der Waals surface area contributed by atoms with E-state index in [-0.39, 0.29) is 0 Å². The van der Waals surface area contributed by atoms with Gasteiger partial charge in [0.05, 0.1) is 2.88 Å². The molecule has 0 aliphatic carbocycles. The number of benzene rings is 3. The van der Waals surface area contributed by atoms with Crippen molar-refractivity contribution in [2.45, 2.75) is 32.6 Å². The van der Waals surface area contributed by atoms with Crippen LogP contribution >= 0.6 is 45.3 Å². The number of hydrogen-bond donors (Lipinski definition) is 0. The first-order chi connectivity index (χ1) is 12.7. The van der Waals surface area contributed by atoms with E-state index >= 15 is 0 Å². The van der Waals surface area contributed by atoms with Gasteiger partial charge in [0.1, 0.15) is 0 Å². The van der Waals surface area contributed by atoms with Crippen LogP contribution < -0.4 is 0 Å². The zero-order valence-electron chi connectivity index (χ0n) is 14.6. The van der Waals surface area contributed by atoms with Gasteiger partial charge in [-0.25, -0.2) is 0 Å². The summed E-state index contributed by atoms with van der Waals surface area (Å²) in [4.78, 5) is 1.53. The van der Waals surface area contributed by atoms with E-state index in [0.29, 0.717) is 0 Å². The molecule has 2 heterocycles. The van der Waals surface area contributed by atoms with Crippen LogP contribution in [0.4, 0.5) is 0 Å². The first-order valence-electron chi connectivity index (χ1n) is 9.20. The topological polar surface area (TPSA) is 0 Å². The average Bonchev–Trinajstić information content (AvgIpc) is 3.23. The van der Waals surface area contributed by atoms with E-state index in [9.17, 15) is 0 Å². The summed E-state index contributed by atoms with van der Waals surface area (Å²) in [5.41, 5.74) is 0. The zero-order valence-corrected chi connectivity index (χ0v) is 18.4. The van der Waals surface area contributed by atoms with Gasteiger partial charge >= 0.3 is 0 Å². The molecule has 5 rings (SSSR count). The summed E-state index contributed by atoms with van der Waals surface area (Å²) in [6.45, 7) is 2.27. The van der Waals surface area contributed by atoms with Crippen molar-refractivity contribution in [2.75, 3.05) is 0 Å². The molecule has 0 aliphatic heterocycles. The fraction of sp³-hybridized carbons (Fsp3) is 0.217. The average molecular weight is 486 g/mol. The number of unbranched alkanes of at least 4 members (excludes halogenated alkanes) is 2. The maximum absolute atomic E-state index is 2.44. The minimum atomic E-state index is 1.22. The van der Waals surface area contributed by atoms with E-state index in [1.807, 2.05) is 22.7 Å². The second-order valence-electron chi connectivity index (χ2n) is 6.97. The maximum Gasteiger partial charge on any atom is 0.0666 e. The summed E-state index contributed by atoms with van der Waals surface area (Å²) in [5, 5.41) is 8.32. The monoisotopic (exact) mass is 486 g/mol. The summed E-state index contributed by atoms with van der Waals surface area (Å²) < 4.78 is 4.17. The minimum Gasteiger partial charge on any atom is -0.140 e. The molecule has 130 valence electrons. The largest absolute Gasteiger partial charge is 0.140 e. The Morgan fingerprint density at radius 3 is 2.08 bits per heavy atom. The van der Waals surface area contributed by atoms with Crippen LogP contribution in [0.2, 0.25) is 0 Å². The summed E-state index contributed by atoms with van der Waals surface area (Å²) >= 11 is 6.28. The highest BCUT2D eigenvalue weighted by molar-refractivity contribution is 14.1. The lowest BCUT2D eigenvalue weighted by atomic mass is 9.99. The zero-order chi connectivity index (χ0) is 17.7. The number of fused-ring (bicyclic) bond motifs is 6. The number of halogens is 1. The summed E-state index contributed by atoms with van der Waals surface area (Å²) in [7, 11) is 0. The first-order valence-corrected chi connectivity index (χ1v) is 11.9. The highest BCUT2D eigenvalue weighted by Gasteiger charge is 2.10. The van der Waals surface area contributed by atoms with Crippen LogP contribution in [0, 0.1) is 2.88 Å². The van der Waals surface area contributed by atoms with Crippen LogP contribution in [-0.4, -0.2) is 0 Å². The van der Waals surface area contributed by atoms with Crippen molar-refractivity contribution in [3.63, 3.8) is 0 Å². The summed E-state index contributed by atoms with van der Waals surface area (Å²) in [5.74, 6) is 0. The number of thiophene rings is 2. The van der Waals surface area contributed by atoms with Crippen LogP contribution in [0.5, 0.6) is 0 Å². The predicted molar refractivity (Wildman–Crippen MR) is 128 cm³/mol. The van der Waals surface area contributed by atoms with E-state index in [4.69, 9.17) is 0 Å². The SMILES string of the molecule is CCCCCc1cc2c(ccc3cc4c(ccc5sc(I)cc54)cc32)s1. The molecular formula is C23H19IS2. The fourth-order valence-electron chi connectivity index (χ4n) is 3.88. The second-order valence-corrected chi connectivity index (χ2v) is 11.1. The van der Waals surface area contributed by atoms with Crippen molar-refractivity contribution in [3.05, 3.63) is 56.3 Å². The summed E-state index contributed by atoms with van der Waals surface area (Å²) in [6.07, 6.45) is 5.14. The smallest absolute Gasteiger partial charge is 0.0666 e. The molecule has 0 saturated heterocycles. The Morgan fingerprint density at radius 1 is 0.731 bits per heavy atom. The third kappa shape index (κ3) is 2.85. The molecule has 0 radical (unpaired) electrons. The Balaban J connectivity index is 1.72. The molecule has 0 nitrogen and oxygen atoms in total. The van der Waals surface area contributed by atoms with Gasteiger partial charge < -0.3 is 0 Å². The molecule has 0 aliphatic rings. The van der Waals surface area contributed by atoms with Gasteiger partial charge in [-0.05, 0) is 93.4 Å². The second kappa shape index (κ2) is 6.77. The molecule has 0 saturated carbocycles. The predicted octanol–water partition coefficient (Wildman–Crippen LogP) is 8.76. The van der Waals surface area contributed by atoms with Gasteiger partial charge in [0, 0.05) is 25.0 Å². The minimum absolute atomic E-state index is 1.22. The van der Waals surface area contributed by atoms with Crippen molar-refractivity contribution in [1.82, 2.24) is 0 Å². The van der Waals surface area contributed by atoms with Crippen LogP contribution in [0.3, 0.4) is 0 Å². The molecule has 5 aromatic rings.